The van der Waals surface area contributed by atoms with Gasteiger partial charge in [-0.3, -0.25) is 0 Å². The lowest BCUT2D eigenvalue weighted by atomic mass is 9.77. The molecule has 0 N–H and O–H groups in total. The Morgan fingerprint density at radius 1 is 0.600 bits per heavy atom. The average Bonchev–Trinajstić information content (AvgIpc) is 3.13. The Labute approximate surface area is 302 Å². The Hall–Kier alpha value is -1.86. The van der Waals surface area contributed by atoms with E-state index in [1.54, 1.807) is 12.1 Å². The van der Waals surface area contributed by atoms with Crippen LogP contribution in [0.15, 0.2) is 36.4 Å². The zero-order valence-electron chi connectivity index (χ0n) is 31.6. The molecule has 4 nitrogen and oxygen atoms in total. The van der Waals surface area contributed by atoms with Crippen molar-refractivity contribution in [2.24, 2.45) is 17.8 Å². The fourth-order valence-corrected chi connectivity index (χ4v) is 8.46. The molecule has 6 heteroatoms. The quantitative estimate of drug-likeness (QED) is 0.145. The highest BCUT2D eigenvalue weighted by molar-refractivity contribution is 5.65. The maximum absolute atomic E-state index is 15.6. The summed E-state index contributed by atoms with van der Waals surface area (Å²) in [6.07, 6.45) is 21.0. The van der Waals surface area contributed by atoms with Crippen LogP contribution in [-0.2, 0) is 18.9 Å². The van der Waals surface area contributed by atoms with Crippen molar-refractivity contribution in [3.63, 3.8) is 0 Å². The van der Waals surface area contributed by atoms with Gasteiger partial charge in [0.2, 0.25) is 0 Å². The van der Waals surface area contributed by atoms with Crippen LogP contribution in [0.3, 0.4) is 0 Å². The van der Waals surface area contributed by atoms with E-state index in [1.165, 1.54) is 83.5 Å². The molecule has 2 aromatic carbocycles. The third kappa shape index (κ3) is 10.8. The number of ether oxygens (including phenoxy) is 4. The van der Waals surface area contributed by atoms with Crippen molar-refractivity contribution in [1.82, 2.24) is 0 Å². The molecule has 0 spiro atoms. The van der Waals surface area contributed by atoms with Gasteiger partial charge >= 0.3 is 0 Å². The van der Waals surface area contributed by atoms with Crippen molar-refractivity contribution in [3.05, 3.63) is 59.2 Å². The van der Waals surface area contributed by atoms with Crippen LogP contribution in [0.1, 0.15) is 167 Å². The Kier molecular flexibility index (Phi) is 16.1. The molecule has 0 bridgehead atoms. The molecule has 2 heterocycles. The Morgan fingerprint density at radius 3 is 1.74 bits per heavy atom. The summed E-state index contributed by atoms with van der Waals surface area (Å²) in [5.41, 5.74) is 2.34. The fourth-order valence-electron chi connectivity index (χ4n) is 8.46. The van der Waals surface area contributed by atoms with E-state index >= 15 is 8.78 Å². The van der Waals surface area contributed by atoms with Crippen LogP contribution in [0, 0.1) is 29.4 Å². The summed E-state index contributed by atoms with van der Waals surface area (Å²) in [4.78, 5) is 0. The van der Waals surface area contributed by atoms with Crippen molar-refractivity contribution in [2.45, 2.75) is 174 Å². The van der Waals surface area contributed by atoms with Crippen LogP contribution >= 0.6 is 0 Å². The van der Waals surface area contributed by atoms with Gasteiger partial charge in [0.1, 0.15) is 0 Å². The standard InChI is InChI=1S/C44H66F2O4/c1-5-7-9-11-13-15-17-37-29-47-43(49-31(37)3)35-23-19-33(20-24-35)39-27-28-40(42(46)41(39)45)34-21-25-36(26-22-34)44-48-30-38(32(4)50-44)18-16-14-12-10-8-6-2/h19-20,23-24,27-28,31-32,34,36-38,43-44H,5-18,21-22,25-26,29-30H2,1-4H3/t31?,32?,34?,36?,37-,38-,43-,44-/m1/s1. The molecule has 6 atom stereocenters. The number of benzene rings is 2. The summed E-state index contributed by atoms with van der Waals surface area (Å²) in [5, 5.41) is 0. The van der Waals surface area contributed by atoms with Crippen LogP contribution in [0.4, 0.5) is 8.78 Å². The first-order chi connectivity index (χ1) is 24.4. The molecule has 0 aromatic heterocycles. The maximum atomic E-state index is 15.6. The number of hydrogen-bond donors (Lipinski definition) is 0. The first-order valence-electron chi connectivity index (χ1n) is 20.5. The van der Waals surface area contributed by atoms with E-state index in [2.05, 4.69) is 27.7 Å². The summed E-state index contributed by atoms with van der Waals surface area (Å²) >= 11 is 0. The molecule has 2 aliphatic heterocycles. The van der Waals surface area contributed by atoms with Crippen LogP contribution in [0.25, 0.3) is 11.1 Å². The lowest BCUT2D eigenvalue weighted by molar-refractivity contribution is -0.257. The van der Waals surface area contributed by atoms with Crippen LogP contribution in [0.2, 0.25) is 0 Å². The van der Waals surface area contributed by atoms with E-state index in [4.69, 9.17) is 18.9 Å². The van der Waals surface area contributed by atoms with E-state index in [9.17, 15) is 0 Å². The second kappa shape index (κ2) is 20.4. The van der Waals surface area contributed by atoms with Gasteiger partial charge in [-0.2, -0.15) is 0 Å². The molecule has 2 saturated heterocycles. The van der Waals surface area contributed by atoms with E-state index < -0.39 is 17.9 Å². The van der Waals surface area contributed by atoms with Crippen LogP contribution < -0.4 is 0 Å². The first-order valence-corrected chi connectivity index (χ1v) is 20.5. The predicted molar refractivity (Wildman–Crippen MR) is 199 cm³/mol. The summed E-state index contributed by atoms with van der Waals surface area (Å²) in [6.45, 7) is 10.3. The van der Waals surface area contributed by atoms with Gasteiger partial charge in [-0.05, 0) is 69.4 Å². The number of halogens is 2. The number of rotatable bonds is 18. The number of hydrogen-bond acceptors (Lipinski definition) is 4. The van der Waals surface area contributed by atoms with Gasteiger partial charge in [-0.15, -0.1) is 0 Å². The molecule has 2 aromatic rings. The van der Waals surface area contributed by atoms with Crippen LogP contribution in [0.5, 0.6) is 0 Å². The highest BCUT2D eigenvalue weighted by Gasteiger charge is 2.37. The largest absolute Gasteiger partial charge is 0.352 e. The van der Waals surface area contributed by atoms with Gasteiger partial charge in [0, 0.05) is 28.9 Å². The number of unbranched alkanes of at least 4 members (excludes halogenated alkanes) is 10. The summed E-state index contributed by atoms with van der Waals surface area (Å²) < 4.78 is 56.2. The molecule has 3 aliphatic rings. The summed E-state index contributed by atoms with van der Waals surface area (Å²) in [5.74, 6) is -0.294. The van der Waals surface area contributed by atoms with E-state index in [1.807, 2.05) is 24.3 Å². The van der Waals surface area contributed by atoms with Gasteiger partial charge < -0.3 is 18.9 Å². The van der Waals surface area contributed by atoms with Gasteiger partial charge in [0.05, 0.1) is 25.4 Å². The van der Waals surface area contributed by atoms with Gasteiger partial charge in [-0.25, -0.2) is 8.78 Å². The molecular weight excluding hydrogens is 630 g/mol. The topological polar surface area (TPSA) is 36.9 Å². The highest BCUT2D eigenvalue weighted by Crippen LogP contribution is 2.42. The lowest BCUT2D eigenvalue weighted by Crippen LogP contribution is -2.42. The minimum Gasteiger partial charge on any atom is -0.352 e. The molecule has 5 rings (SSSR count). The second-order valence-electron chi connectivity index (χ2n) is 15.7. The molecule has 50 heavy (non-hydrogen) atoms. The van der Waals surface area contributed by atoms with Crippen LogP contribution in [-0.4, -0.2) is 31.7 Å². The van der Waals surface area contributed by atoms with Crippen molar-refractivity contribution < 1.29 is 27.7 Å². The van der Waals surface area contributed by atoms with Crippen molar-refractivity contribution in [3.8, 4) is 11.1 Å². The molecular formula is C44H66F2O4. The van der Waals surface area contributed by atoms with E-state index in [-0.39, 0.29) is 30.0 Å². The molecule has 3 fully saturated rings. The van der Waals surface area contributed by atoms with Gasteiger partial charge in [-0.1, -0.05) is 127 Å². The molecule has 280 valence electrons. The average molecular weight is 697 g/mol. The smallest absolute Gasteiger partial charge is 0.184 e. The third-order valence-corrected chi connectivity index (χ3v) is 12.0. The van der Waals surface area contributed by atoms with E-state index in [0.29, 0.717) is 35.5 Å². The lowest BCUT2D eigenvalue weighted by Gasteiger charge is -2.40. The molecule has 0 radical (unpaired) electrons. The zero-order chi connectivity index (χ0) is 35.3. The minimum atomic E-state index is -0.766. The molecule has 2 unspecified atom stereocenters. The highest BCUT2D eigenvalue weighted by atomic mass is 19.2. The fraction of sp³-hybridized carbons (Fsp3) is 0.727. The minimum absolute atomic E-state index is 0.00567. The zero-order valence-corrected chi connectivity index (χ0v) is 31.6. The summed E-state index contributed by atoms with van der Waals surface area (Å²) in [7, 11) is 0. The van der Waals surface area contributed by atoms with Crippen molar-refractivity contribution in [1.29, 1.82) is 0 Å². The molecule has 1 saturated carbocycles. The first kappa shape index (κ1) is 39.3. The summed E-state index contributed by atoms with van der Waals surface area (Å²) in [6, 6.07) is 11.1. The Morgan fingerprint density at radius 2 is 1.16 bits per heavy atom. The molecule has 1 aliphatic carbocycles. The molecule has 0 amide bonds. The second-order valence-corrected chi connectivity index (χ2v) is 15.7. The Balaban J connectivity index is 1.07. The van der Waals surface area contributed by atoms with Crippen molar-refractivity contribution >= 4 is 0 Å². The van der Waals surface area contributed by atoms with E-state index in [0.717, 1.165) is 44.3 Å². The van der Waals surface area contributed by atoms with Gasteiger partial charge in [0.25, 0.3) is 0 Å². The Bertz CT molecular complexity index is 1260. The van der Waals surface area contributed by atoms with Crippen molar-refractivity contribution in [2.75, 3.05) is 13.2 Å². The normalized spacial score (nSPS) is 28.9. The maximum Gasteiger partial charge on any atom is 0.184 e. The third-order valence-electron chi connectivity index (χ3n) is 12.0. The van der Waals surface area contributed by atoms with Gasteiger partial charge in [0.15, 0.2) is 24.2 Å². The predicted octanol–water partition coefficient (Wildman–Crippen LogP) is 12.8. The SMILES string of the molecule is CCCCCCCC[C@@H]1CO[C@@H](c2ccc(-c3ccc(C4CCC([C@@H]5OC[C@@H](CCCCCCCC)C(C)O5)CC4)c(F)c3F)cc2)OC1C. The monoisotopic (exact) mass is 696 g/mol.